The molecule has 30 heavy (non-hydrogen) atoms. The number of hydrogen-bond donors (Lipinski definition) is 3. The fourth-order valence-corrected chi connectivity index (χ4v) is 2.89. The standard InChI is InChI=1S/C21H22N6O3/c1-26(21(29)30)10-2-9-23-12-16-5-8-19(24-13-16)27-20(28)18(14-25-27)17-6-3-15(11-22)4-7-17/h3-8,13-14,23,25H,2,9-10,12H2,1H3,(H,29,30). The van der Waals surface area contributed by atoms with Crippen molar-refractivity contribution in [3.05, 3.63) is 70.3 Å². The Balaban J connectivity index is 1.60. The normalized spacial score (nSPS) is 10.5. The number of carbonyl (C=O) groups is 1. The molecule has 0 aliphatic carbocycles. The molecule has 0 radical (unpaired) electrons. The number of rotatable bonds is 8. The third kappa shape index (κ3) is 4.92. The lowest BCUT2D eigenvalue weighted by Gasteiger charge is -2.12. The summed E-state index contributed by atoms with van der Waals surface area (Å²) in [5.41, 5.74) is 2.49. The molecule has 3 rings (SSSR count). The van der Waals surface area contributed by atoms with Crippen molar-refractivity contribution in [3.8, 4) is 23.0 Å². The minimum absolute atomic E-state index is 0.222. The van der Waals surface area contributed by atoms with Crippen molar-refractivity contribution in [2.24, 2.45) is 0 Å². The van der Waals surface area contributed by atoms with Gasteiger partial charge in [0.05, 0.1) is 17.2 Å². The van der Waals surface area contributed by atoms with Crippen LogP contribution in [0.25, 0.3) is 16.9 Å². The van der Waals surface area contributed by atoms with Crippen LogP contribution in [0, 0.1) is 11.3 Å². The van der Waals surface area contributed by atoms with Crippen LogP contribution in [0.2, 0.25) is 0 Å². The quantitative estimate of drug-likeness (QED) is 0.492. The van der Waals surface area contributed by atoms with Gasteiger partial charge in [0.1, 0.15) is 0 Å². The van der Waals surface area contributed by atoms with Gasteiger partial charge in [0, 0.05) is 32.5 Å². The van der Waals surface area contributed by atoms with Crippen molar-refractivity contribution in [1.29, 1.82) is 5.26 Å². The van der Waals surface area contributed by atoms with E-state index >= 15 is 0 Å². The molecule has 1 aromatic carbocycles. The number of nitrogens with one attached hydrogen (secondary N) is 2. The number of aromatic nitrogens is 3. The summed E-state index contributed by atoms with van der Waals surface area (Å²) in [4.78, 5) is 29.1. The van der Waals surface area contributed by atoms with E-state index in [2.05, 4.69) is 21.5 Å². The van der Waals surface area contributed by atoms with E-state index in [9.17, 15) is 9.59 Å². The van der Waals surface area contributed by atoms with Gasteiger partial charge in [-0.1, -0.05) is 18.2 Å². The molecule has 0 bridgehead atoms. The Labute approximate surface area is 173 Å². The number of nitrogens with zero attached hydrogens (tertiary/aromatic N) is 4. The van der Waals surface area contributed by atoms with Crippen LogP contribution in [0.5, 0.6) is 0 Å². The molecule has 0 unspecified atom stereocenters. The van der Waals surface area contributed by atoms with E-state index in [0.717, 1.165) is 11.1 Å². The molecule has 0 saturated heterocycles. The second-order valence-electron chi connectivity index (χ2n) is 6.78. The number of aromatic amines is 1. The number of amides is 1. The van der Waals surface area contributed by atoms with Gasteiger partial charge in [-0.05, 0) is 42.3 Å². The maximum atomic E-state index is 12.7. The largest absolute Gasteiger partial charge is 0.465 e. The van der Waals surface area contributed by atoms with Crippen LogP contribution in [0.1, 0.15) is 17.5 Å². The van der Waals surface area contributed by atoms with Crippen molar-refractivity contribution in [2.75, 3.05) is 20.1 Å². The van der Waals surface area contributed by atoms with Crippen molar-refractivity contribution < 1.29 is 9.90 Å². The molecular formula is C21H22N6O3. The number of H-pyrrole nitrogens is 1. The SMILES string of the molecule is CN(CCCNCc1ccc(-n2[nH]cc(-c3ccc(C#N)cc3)c2=O)nc1)C(=O)O. The molecule has 0 atom stereocenters. The highest BCUT2D eigenvalue weighted by Crippen LogP contribution is 2.16. The third-order valence-corrected chi connectivity index (χ3v) is 4.64. The Morgan fingerprint density at radius 3 is 2.70 bits per heavy atom. The summed E-state index contributed by atoms with van der Waals surface area (Å²) in [6.45, 7) is 1.75. The molecule has 2 heterocycles. The minimum Gasteiger partial charge on any atom is -0.465 e. The van der Waals surface area contributed by atoms with Crippen molar-refractivity contribution in [1.82, 2.24) is 25.0 Å². The molecule has 0 aliphatic heterocycles. The van der Waals surface area contributed by atoms with Crippen molar-refractivity contribution in [3.63, 3.8) is 0 Å². The summed E-state index contributed by atoms with van der Waals surface area (Å²) in [7, 11) is 1.54. The topological polar surface area (TPSA) is 127 Å². The van der Waals surface area contributed by atoms with Gasteiger partial charge in [0.2, 0.25) is 0 Å². The van der Waals surface area contributed by atoms with Crippen LogP contribution in [-0.2, 0) is 6.54 Å². The maximum absolute atomic E-state index is 12.7. The Hall–Kier alpha value is -3.90. The molecule has 0 aliphatic rings. The fourth-order valence-electron chi connectivity index (χ4n) is 2.89. The van der Waals surface area contributed by atoms with Crippen molar-refractivity contribution >= 4 is 6.09 Å². The van der Waals surface area contributed by atoms with Gasteiger partial charge in [-0.2, -0.15) is 5.26 Å². The van der Waals surface area contributed by atoms with Gasteiger partial charge in [-0.15, -0.1) is 0 Å². The van der Waals surface area contributed by atoms with E-state index in [-0.39, 0.29) is 5.56 Å². The van der Waals surface area contributed by atoms with Crippen LogP contribution in [-0.4, -0.2) is 51.0 Å². The molecule has 3 aromatic rings. The van der Waals surface area contributed by atoms with Gasteiger partial charge < -0.3 is 15.3 Å². The van der Waals surface area contributed by atoms with Crippen LogP contribution < -0.4 is 10.9 Å². The second kappa shape index (κ2) is 9.54. The summed E-state index contributed by atoms with van der Waals surface area (Å²) in [5, 5.41) is 23.9. The molecule has 2 aromatic heterocycles. The average Bonchev–Trinajstić information content (AvgIpc) is 3.15. The molecule has 9 heteroatoms. The molecule has 154 valence electrons. The number of carboxylic acid groups (broad SMARTS) is 1. The first kappa shape index (κ1) is 20.8. The van der Waals surface area contributed by atoms with E-state index in [1.807, 2.05) is 6.07 Å². The molecule has 0 spiro atoms. The highest BCUT2D eigenvalue weighted by molar-refractivity contribution is 5.64. The molecule has 0 fully saturated rings. The van der Waals surface area contributed by atoms with E-state index in [1.165, 1.54) is 9.58 Å². The van der Waals surface area contributed by atoms with E-state index < -0.39 is 6.09 Å². The van der Waals surface area contributed by atoms with Crippen molar-refractivity contribution in [2.45, 2.75) is 13.0 Å². The highest BCUT2D eigenvalue weighted by atomic mass is 16.4. The highest BCUT2D eigenvalue weighted by Gasteiger charge is 2.11. The Kier molecular flexibility index (Phi) is 6.62. The van der Waals surface area contributed by atoms with E-state index in [0.29, 0.717) is 43.0 Å². The molecule has 1 amide bonds. The van der Waals surface area contributed by atoms with Gasteiger partial charge in [0.15, 0.2) is 5.82 Å². The number of benzene rings is 1. The zero-order chi connectivity index (χ0) is 21.5. The number of pyridine rings is 1. The third-order valence-electron chi connectivity index (χ3n) is 4.64. The first-order chi connectivity index (χ1) is 14.5. The Bertz CT molecular complexity index is 1090. The van der Waals surface area contributed by atoms with Crippen LogP contribution >= 0.6 is 0 Å². The lowest BCUT2D eigenvalue weighted by molar-refractivity contribution is 0.155. The van der Waals surface area contributed by atoms with Gasteiger partial charge in [0.25, 0.3) is 5.56 Å². The summed E-state index contributed by atoms with van der Waals surface area (Å²) in [6, 6.07) is 12.5. The first-order valence-electron chi connectivity index (χ1n) is 9.40. The summed E-state index contributed by atoms with van der Waals surface area (Å²) < 4.78 is 1.37. The van der Waals surface area contributed by atoms with E-state index in [4.69, 9.17) is 10.4 Å². The summed E-state index contributed by atoms with van der Waals surface area (Å²) in [5.74, 6) is 0.478. The second-order valence-corrected chi connectivity index (χ2v) is 6.78. The minimum atomic E-state index is -0.934. The summed E-state index contributed by atoms with van der Waals surface area (Å²) in [6.07, 6.45) is 3.09. The van der Waals surface area contributed by atoms with Crippen LogP contribution in [0.4, 0.5) is 4.79 Å². The lowest BCUT2D eigenvalue weighted by atomic mass is 10.1. The van der Waals surface area contributed by atoms with Crippen LogP contribution in [0.3, 0.4) is 0 Å². The first-order valence-corrected chi connectivity index (χ1v) is 9.40. The monoisotopic (exact) mass is 406 g/mol. The predicted octanol–water partition coefficient (Wildman–Crippen LogP) is 2.19. The zero-order valence-corrected chi connectivity index (χ0v) is 16.5. The molecule has 9 nitrogen and oxygen atoms in total. The molecular weight excluding hydrogens is 384 g/mol. The smallest absolute Gasteiger partial charge is 0.407 e. The molecule has 3 N–H and O–H groups in total. The Morgan fingerprint density at radius 1 is 1.30 bits per heavy atom. The van der Waals surface area contributed by atoms with Gasteiger partial charge in [-0.25, -0.2) is 14.5 Å². The van der Waals surface area contributed by atoms with Gasteiger partial charge in [-0.3, -0.25) is 9.89 Å². The maximum Gasteiger partial charge on any atom is 0.407 e. The molecule has 0 saturated carbocycles. The fraction of sp³-hybridized carbons (Fsp3) is 0.238. The van der Waals surface area contributed by atoms with Gasteiger partial charge >= 0.3 is 6.09 Å². The number of hydrogen-bond acceptors (Lipinski definition) is 5. The average molecular weight is 406 g/mol. The Morgan fingerprint density at radius 2 is 2.07 bits per heavy atom. The number of nitriles is 1. The lowest BCUT2D eigenvalue weighted by Crippen LogP contribution is -2.28. The zero-order valence-electron chi connectivity index (χ0n) is 16.5. The van der Waals surface area contributed by atoms with E-state index in [1.54, 1.807) is 49.8 Å². The van der Waals surface area contributed by atoms with Crippen LogP contribution in [0.15, 0.2) is 53.6 Å². The predicted molar refractivity (Wildman–Crippen MR) is 111 cm³/mol. The summed E-state index contributed by atoms with van der Waals surface area (Å²) >= 11 is 0.